The Morgan fingerprint density at radius 2 is 1.72 bits per heavy atom. The van der Waals surface area contributed by atoms with Gasteiger partial charge in [0, 0.05) is 12.1 Å². The van der Waals surface area contributed by atoms with E-state index >= 15 is 0 Å². The Balaban J connectivity index is 2.50. The van der Waals surface area contributed by atoms with Crippen molar-refractivity contribution in [3.63, 3.8) is 0 Å². The lowest BCUT2D eigenvalue weighted by Crippen LogP contribution is -2.22. The fourth-order valence-corrected chi connectivity index (χ4v) is 2.34. The molecule has 2 aromatic rings. The van der Waals surface area contributed by atoms with E-state index in [0.29, 0.717) is 0 Å². The van der Waals surface area contributed by atoms with Crippen LogP contribution >= 0.6 is 0 Å². The lowest BCUT2D eigenvalue weighted by Gasteiger charge is -2.21. The van der Waals surface area contributed by atoms with E-state index in [9.17, 15) is 0 Å². The molecule has 0 fully saturated rings. The van der Waals surface area contributed by atoms with Gasteiger partial charge in [0.1, 0.15) is 5.75 Å². The van der Waals surface area contributed by atoms with Crippen LogP contribution in [0, 0.1) is 0 Å². The summed E-state index contributed by atoms with van der Waals surface area (Å²) in [6, 6.07) is 12.7. The van der Waals surface area contributed by atoms with Crippen LogP contribution in [0.2, 0.25) is 0 Å². The van der Waals surface area contributed by atoms with Gasteiger partial charge in [-0.05, 0) is 29.9 Å². The van der Waals surface area contributed by atoms with Crippen LogP contribution in [0.25, 0.3) is 10.8 Å². The van der Waals surface area contributed by atoms with Crippen LogP contribution in [0.5, 0.6) is 5.75 Å². The minimum atomic E-state index is 0.942. The van der Waals surface area contributed by atoms with Crippen molar-refractivity contribution in [3.05, 3.63) is 42.0 Å². The van der Waals surface area contributed by atoms with Crippen molar-refractivity contribution in [2.75, 3.05) is 20.2 Å². The van der Waals surface area contributed by atoms with Crippen LogP contribution in [0.3, 0.4) is 0 Å². The van der Waals surface area contributed by atoms with Crippen LogP contribution in [0.1, 0.15) is 19.4 Å². The van der Waals surface area contributed by atoms with Gasteiger partial charge in [-0.2, -0.15) is 0 Å². The number of fused-ring (bicyclic) bond motifs is 1. The van der Waals surface area contributed by atoms with E-state index < -0.39 is 0 Å². The highest BCUT2D eigenvalue weighted by Gasteiger charge is 2.10. The molecule has 96 valence electrons. The van der Waals surface area contributed by atoms with E-state index in [1.165, 1.54) is 16.3 Å². The van der Waals surface area contributed by atoms with Gasteiger partial charge in [0.15, 0.2) is 0 Å². The van der Waals surface area contributed by atoms with Crippen molar-refractivity contribution in [1.82, 2.24) is 4.90 Å². The summed E-state index contributed by atoms with van der Waals surface area (Å²) in [5.74, 6) is 0.987. The molecule has 0 aliphatic carbocycles. The van der Waals surface area contributed by atoms with Crippen molar-refractivity contribution in [3.8, 4) is 5.75 Å². The highest BCUT2D eigenvalue weighted by molar-refractivity contribution is 5.87. The number of methoxy groups -OCH3 is 1. The third kappa shape index (κ3) is 2.49. The summed E-state index contributed by atoms with van der Waals surface area (Å²) in [4.78, 5) is 2.41. The van der Waals surface area contributed by atoms with E-state index in [-0.39, 0.29) is 0 Å². The van der Waals surface area contributed by atoms with Gasteiger partial charge in [-0.15, -0.1) is 0 Å². The monoisotopic (exact) mass is 243 g/mol. The maximum Gasteiger partial charge on any atom is 0.123 e. The van der Waals surface area contributed by atoms with Crippen LogP contribution in [0.4, 0.5) is 0 Å². The summed E-state index contributed by atoms with van der Waals surface area (Å²) in [7, 11) is 1.75. The molecule has 0 N–H and O–H groups in total. The van der Waals surface area contributed by atoms with Crippen LogP contribution in [-0.2, 0) is 6.54 Å². The van der Waals surface area contributed by atoms with Gasteiger partial charge >= 0.3 is 0 Å². The summed E-state index contributed by atoms with van der Waals surface area (Å²) >= 11 is 0. The number of nitrogens with zero attached hydrogens (tertiary/aromatic N) is 1. The molecule has 0 saturated carbocycles. The van der Waals surface area contributed by atoms with Gasteiger partial charge in [0.05, 0.1) is 7.11 Å². The molecular formula is C16H21NO. The summed E-state index contributed by atoms with van der Waals surface area (Å²) in [6.45, 7) is 7.45. The largest absolute Gasteiger partial charge is 0.496 e. The lowest BCUT2D eigenvalue weighted by molar-refractivity contribution is 0.290. The zero-order valence-electron chi connectivity index (χ0n) is 11.4. The molecule has 0 aliphatic heterocycles. The number of rotatable bonds is 5. The zero-order valence-corrected chi connectivity index (χ0v) is 11.4. The second kappa shape index (κ2) is 5.87. The Bertz CT molecular complexity index is 517. The Kier molecular flexibility index (Phi) is 4.21. The Hall–Kier alpha value is -1.54. The van der Waals surface area contributed by atoms with Crippen molar-refractivity contribution in [2.24, 2.45) is 0 Å². The zero-order chi connectivity index (χ0) is 13.0. The molecule has 0 aromatic heterocycles. The second-order valence-corrected chi connectivity index (χ2v) is 4.43. The van der Waals surface area contributed by atoms with Crippen molar-refractivity contribution in [2.45, 2.75) is 20.4 Å². The molecule has 2 rings (SSSR count). The molecule has 2 heteroatoms. The number of hydrogen-bond donors (Lipinski definition) is 0. The molecule has 0 atom stereocenters. The first-order valence-electron chi connectivity index (χ1n) is 6.57. The van der Waals surface area contributed by atoms with Crippen molar-refractivity contribution in [1.29, 1.82) is 0 Å². The first-order valence-corrected chi connectivity index (χ1v) is 6.57. The van der Waals surface area contributed by atoms with Gasteiger partial charge < -0.3 is 4.74 Å². The van der Waals surface area contributed by atoms with Crippen molar-refractivity contribution >= 4 is 10.8 Å². The fourth-order valence-electron chi connectivity index (χ4n) is 2.34. The van der Waals surface area contributed by atoms with Crippen LogP contribution in [-0.4, -0.2) is 25.1 Å². The minimum Gasteiger partial charge on any atom is -0.496 e. The van der Waals surface area contributed by atoms with Gasteiger partial charge in [-0.25, -0.2) is 0 Å². The van der Waals surface area contributed by atoms with Gasteiger partial charge in [-0.1, -0.05) is 44.2 Å². The first kappa shape index (κ1) is 12.9. The van der Waals surface area contributed by atoms with E-state index in [1.54, 1.807) is 7.11 Å². The van der Waals surface area contributed by atoms with Crippen molar-refractivity contribution < 1.29 is 4.74 Å². The molecule has 0 saturated heterocycles. The van der Waals surface area contributed by atoms with Crippen LogP contribution < -0.4 is 4.74 Å². The second-order valence-electron chi connectivity index (χ2n) is 4.43. The number of benzene rings is 2. The standard InChI is InChI=1S/C16H21NO/c1-4-17(5-2)12-15-14-9-7-6-8-13(14)10-11-16(15)18-3/h6-11H,4-5,12H2,1-3H3. The number of ether oxygens (including phenoxy) is 1. The maximum atomic E-state index is 5.52. The van der Waals surface area contributed by atoms with Gasteiger partial charge in [0.25, 0.3) is 0 Å². The lowest BCUT2D eigenvalue weighted by atomic mass is 10.0. The van der Waals surface area contributed by atoms with E-state index in [1.807, 2.05) is 0 Å². The van der Waals surface area contributed by atoms with Gasteiger partial charge in [-0.3, -0.25) is 4.90 Å². The molecule has 18 heavy (non-hydrogen) atoms. The minimum absolute atomic E-state index is 0.942. The topological polar surface area (TPSA) is 12.5 Å². The van der Waals surface area contributed by atoms with Gasteiger partial charge in [0.2, 0.25) is 0 Å². The normalized spacial score (nSPS) is 11.1. The molecule has 0 unspecified atom stereocenters. The fraction of sp³-hybridized carbons (Fsp3) is 0.375. The number of hydrogen-bond acceptors (Lipinski definition) is 2. The van der Waals surface area contributed by atoms with E-state index in [4.69, 9.17) is 4.74 Å². The molecule has 0 amide bonds. The molecule has 2 aromatic carbocycles. The summed E-state index contributed by atoms with van der Waals surface area (Å²) in [5.41, 5.74) is 1.29. The summed E-state index contributed by atoms with van der Waals surface area (Å²) in [6.07, 6.45) is 0. The predicted octanol–water partition coefficient (Wildman–Crippen LogP) is 3.69. The highest BCUT2D eigenvalue weighted by atomic mass is 16.5. The Labute approximate surface area is 109 Å². The third-order valence-corrected chi connectivity index (χ3v) is 3.49. The Morgan fingerprint density at radius 1 is 1.00 bits per heavy atom. The molecule has 0 heterocycles. The summed E-state index contributed by atoms with van der Waals surface area (Å²) in [5, 5.41) is 2.57. The quantitative estimate of drug-likeness (QED) is 0.794. The molecule has 0 radical (unpaired) electrons. The van der Waals surface area contributed by atoms with Crippen LogP contribution in [0.15, 0.2) is 36.4 Å². The summed E-state index contributed by atoms with van der Waals surface area (Å²) < 4.78 is 5.52. The molecule has 0 aliphatic rings. The average Bonchev–Trinajstić information content (AvgIpc) is 2.44. The molecule has 0 spiro atoms. The van der Waals surface area contributed by atoms with E-state index in [2.05, 4.69) is 55.1 Å². The smallest absolute Gasteiger partial charge is 0.123 e. The first-order chi connectivity index (χ1) is 8.80. The maximum absolute atomic E-state index is 5.52. The molecular weight excluding hydrogens is 222 g/mol. The Morgan fingerprint density at radius 3 is 2.39 bits per heavy atom. The molecule has 2 nitrogen and oxygen atoms in total. The predicted molar refractivity (Wildman–Crippen MR) is 77.1 cm³/mol. The third-order valence-electron chi connectivity index (χ3n) is 3.49. The van der Waals surface area contributed by atoms with E-state index in [0.717, 1.165) is 25.4 Å². The molecule has 0 bridgehead atoms. The SMILES string of the molecule is CCN(CC)Cc1c(OC)ccc2ccccc12. The average molecular weight is 243 g/mol. The highest BCUT2D eigenvalue weighted by Crippen LogP contribution is 2.29.